The number of carbonyl (C=O) groups excluding carboxylic acids is 7. The predicted octanol–water partition coefficient (Wildman–Crippen LogP) is -6.68. The zero-order valence-corrected chi connectivity index (χ0v) is 36.2. The first-order chi connectivity index (χ1) is 31.7. The van der Waals surface area contributed by atoms with Crippen LogP contribution < -0.4 is 48.7 Å². The minimum Gasteiger partial charge on any atom is -0.481 e. The summed E-state index contributed by atoms with van der Waals surface area (Å²) in [5.41, 5.74) is 10.9. The molecule has 8 atom stereocenters. The SMILES string of the molecule is NCCCCC(NC(=O)C(CC(=O)O)NC(=O)C(CCC(=O)O)NC(=O)C(CCC(=O)O)NC(=O)C(CCC(=O)O)NC(=O)C(CO)NC(=O)C(CCC(=O)O)NC(=O)C(N)CC(=O)O)C(=O)O. The summed E-state index contributed by atoms with van der Waals surface area (Å²) in [6.07, 6.45) is -8.11. The van der Waals surface area contributed by atoms with E-state index in [-0.39, 0.29) is 19.4 Å². The Morgan fingerprint density at radius 1 is 0.353 bits per heavy atom. The van der Waals surface area contributed by atoms with Crippen molar-refractivity contribution < 1.29 is 108 Å². The molecule has 0 aliphatic carbocycles. The first kappa shape index (κ1) is 60.5. The highest BCUT2D eigenvalue weighted by molar-refractivity contribution is 5.98. The second-order valence-electron chi connectivity index (χ2n) is 14.8. The van der Waals surface area contributed by atoms with Crippen molar-refractivity contribution >= 4 is 83.1 Å². The molecule has 0 heterocycles. The fraction of sp³-hybridized carbons (Fsp3) is 0.622. The third-order valence-electron chi connectivity index (χ3n) is 9.24. The monoisotopic (exact) mass is 979 g/mol. The molecule has 0 aliphatic rings. The molecule has 0 aromatic carbocycles. The van der Waals surface area contributed by atoms with E-state index in [1.165, 1.54) is 0 Å². The van der Waals surface area contributed by atoms with Gasteiger partial charge >= 0.3 is 41.8 Å². The van der Waals surface area contributed by atoms with Crippen molar-refractivity contribution in [2.45, 2.75) is 132 Å². The maximum absolute atomic E-state index is 13.7. The number of hydrogen-bond acceptors (Lipinski definition) is 17. The highest BCUT2D eigenvalue weighted by atomic mass is 16.4. The quantitative estimate of drug-likeness (QED) is 0.0260. The van der Waals surface area contributed by atoms with Gasteiger partial charge in [0.05, 0.1) is 25.5 Å². The number of amides is 7. The molecule has 0 saturated carbocycles. The lowest BCUT2D eigenvalue weighted by Crippen LogP contribution is -2.60. The summed E-state index contributed by atoms with van der Waals surface area (Å²) in [5, 5.41) is 89.1. The Morgan fingerprint density at radius 3 is 0.956 bits per heavy atom. The molecule has 8 unspecified atom stereocenters. The Balaban J connectivity index is 6.62. The van der Waals surface area contributed by atoms with Crippen LogP contribution in [0.5, 0.6) is 0 Å². The van der Waals surface area contributed by atoms with Crippen LogP contribution >= 0.6 is 0 Å². The molecular weight excluding hydrogens is 922 g/mol. The molecule has 382 valence electrons. The summed E-state index contributed by atoms with van der Waals surface area (Å²) in [6, 6.07) is -15.1. The summed E-state index contributed by atoms with van der Waals surface area (Å²) < 4.78 is 0. The van der Waals surface area contributed by atoms with E-state index >= 15 is 0 Å². The van der Waals surface area contributed by atoms with Crippen LogP contribution in [-0.2, 0) is 67.1 Å². The van der Waals surface area contributed by atoms with Gasteiger partial charge in [-0.05, 0) is 51.5 Å². The summed E-state index contributed by atoms with van der Waals surface area (Å²) >= 11 is 0. The number of aliphatic carboxylic acids is 7. The third-order valence-corrected chi connectivity index (χ3v) is 9.24. The lowest BCUT2D eigenvalue weighted by Gasteiger charge is -2.27. The minimum atomic E-state index is -2.04. The van der Waals surface area contributed by atoms with Crippen molar-refractivity contribution in [1.82, 2.24) is 37.2 Å². The standard InChI is InChI=1S/C37H57N9O22/c38-12-2-1-3-21(37(67)68)44-35(65)22(14-29(58)59)45-33(63)20(7-11-27(54)55)42-31(61)18(5-9-25(50)51)41-32(62)19(6-10-26(52)53)43-36(66)23(15-47)46-34(64)17(4-8-24(48)49)40-30(60)16(39)13-28(56)57/h16-23,47H,1-15,38-39H2,(H,40,60)(H,41,62)(H,42,61)(H,43,66)(H,44,65)(H,45,63)(H,46,64)(H,48,49)(H,50,51)(H,52,53)(H,54,55)(H,56,57)(H,58,59)(H,67,68). The van der Waals surface area contributed by atoms with Gasteiger partial charge < -0.3 is 89.5 Å². The highest BCUT2D eigenvalue weighted by Crippen LogP contribution is 2.09. The topological polar surface area (TPSA) is 537 Å². The largest absolute Gasteiger partial charge is 0.481 e. The first-order valence-electron chi connectivity index (χ1n) is 20.4. The van der Waals surface area contributed by atoms with Gasteiger partial charge in [-0.15, -0.1) is 0 Å². The Labute approximate surface area is 384 Å². The second kappa shape index (κ2) is 31.4. The van der Waals surface area contributed by atoms with Crippen molar-refractivity contribution in [1.29, 1.82) is 0 Å². The molecule has 19 N–H and O–H groups in total. The van der Waals surface area contributed by atoms with Crippen LogP contribution in [0.4, 0.5) is 0 Å². The van der Waals surface area contributed by atoms with E-state index in [1.54, 1.807) is 0 Å². The maximum Gasteiger partial charge on any atom is 0.326 e. The van der Waals surface area contributed by atoms with Crippen molar-refractivity contribution in [3.8, 4) is 0 Å². The Morgan fingerprint density at radius 2 is 0.647 bits per heavy atom. The fourth-order valence-electron chi connectivity index (χ4n) is 5.67. The summed E-state index contributed by atoms with van der Waals surface area (Å²) in [5.74, 6) is -20.4. The summed E-state index contributed by atoms with van der Waals surface area (Å²) in [6.45, 7) is -1.09. The molecule has 68 heavy (non-hydrogen) atoms. The molecule has 0 saturated heterocycles. The number of rotatable bonds is 36. The molecule has 0 bridgehead atoms. The van der Waals surface area contributed by atoms with E-state index in [0.29, 0.717) is 6.42 Å². The number of aliphatic hydroxyl groups is 1. The van der Waals surface area contributed by atoms with Crippen molar-refractivity contribution in [2.24, 2.45) is 11.5 Å². The van der Waals surface area contributed by atoms with Crippen molar-refractivity contribution in [3.05, 3.63) is 0 Å². The number of aliphatic hydroxyl groups excluding tert-OH is 1. The zero-order chi connectivity index (χ0) is 52.3. The van der Waals surface area contributed by atoms with E-state index < -0.39 is 202 Å². The highest BCUT2D eigenvalue weighted by Gasteiger charge is 2.35. The van der Waals surface area contributed by atoms with Crippen molar-refractivity contribution in [3.63, 3.8) is 0 Å². The second-order valence-corrected chi connectivity index (χ2v) is 14.8. The first-order valence-corrected chi connectivity index (χ1v) is 20.4. The van der Waals surface area contributed by atoms with E-state index in [0.717, 1.165) is 0 Å². The number of nitrogens with two attached hydrogens (primary N) is 2. The average molecular weight is 980 g/mol. The van der Waals surface area contributed by atoms with Gasteiger partial charge in [-0.3, -0.25) is 62.3 Å². The Bertz CT molecular complexity index is 1860. The van der Waals surface area contributed by atoms with Crippen LogP contribution in [0.2, 0.25) is 0 Å². The third kappa shape index (κ3) is 25.2. The molecule has 0 aromatic rings. The molecule has 0 aromatic heterocycles. The number of carbonyl (C=O) groups is 14. The average Bonchev–Trinajstić information content (AvgIpc) is 3.23. The molecule has 0 spiro atoms. The van der Waals surface area contributed by atoms with Crippen LogP contribution in [0, 0.1) is 0 Å². The van der Waals surface area contributed by atoms with E-state index in [2.05, 4.69) is 16.0 Å². The van der Waals surface area contributed by atoms with Crippen LogP contribution in [0.25, 0.3) is 0 Å². The van der Waals surface area contributed by atoms with Gasteiger partial charge in [0.1, 0.15) is 42.3 Å². The normalized spacial score (nSPS) is 14.3. The smallest absolute Gasteiger partial charge is 0.326 e. The number of carboxylic acids is 7. The minimum absolute atomic E-state index is 0.154. The molecule has 31 heteroatoms. The number of carboxylic acid groups (broad SMARTS) is 7. The van der Waals surface area contributed by atoms with Crippen LogP contribution in [0.3, 0.4) is 0 Å². The van der Waals surface area contributed by atoms with Crippen LogP contribution in [0.1, 0.15) is 83.5 Å². The molecule has 0 aliphatic heterocycles. The van der Waals surface area contributed by atoms with Crippen LogP contribution in [-0.4, -0.2) is 185 Å². The lowest BCUT2D eigenvalue weighted by molar-refractivity contribution is -0.144. The van der Waals surface area contributed by atoms with Gasteiger partial charge in [-0.25, -0.2) is 4.79 Å². The van der Waals surface area contributed by atoms with Crippen LogP contribution in [0.15, 0.2) is 0 Å². The van der Waals surface area contributed by atoms with Crippen molar-refractivity contribution in [2.75, 3.05) is 13.2 Å². The number of hydrogen-bond donors (Lipinski definition) is 17. The number of unbranched alkanes of at least 4 members (excludes halogenated alkanes) is 1. The maximum atomic E-state index is 13.7. The fourth-order valence-corrected chi connectivity index (χ4v) is 5.67. The Kier molecular flexibility index (Phi) is 27.9. The van der Waals surface area contributed by atoms with Gasteiger partial charge in [-0.1, -0.05) is 0 Å². The molecule has 31 nitrogen and oxygen atoms in total. The molecule has 0 fully saturated rings. The number of nitrogens with one attached hydrogen (secondary N) is 7. The molecule has 7 amide bonds. The van der Waals surface area contributed by atoms with Gasteiger partial charge in [0.15, 0.2) is 0 Å². The lowest BCUT2D eigenvalue weighted by atomic mass is 10.0. The van der Waals surface area contributed by atoms with Gasteiger partial charge in [0.25, 0.3) is 0 Å². The van der Waals surface area contributed by atoms with Gasteiger partial charge in [0.2, 0.25) is 41.4 Å². The predicted molar refractivity (Wildman–Crippen MR) is 221 cm³/mol. The molecule has 0 radical (unpaired) electrons. The summed E-state index contributed by atoms with van der Waals surface area (Å²) in [4.78, 5) is 173. The molecule has 0 rings (SSSR count). The Hall–Kier alpha value is -7.54. The zero-order valence-electron chi connectivity index (χ0n) is 36.2. The van der Waals surface area contributed by atoms with E-state index in [4.69, 9.17) is 21.7 Å². The summed E-state index contributed by atoms with van der Waals surface area (Å²) in [7, 11) is 0. The van der Waals surface area contributed by atoms with Gasteiger partial charge in [-0.2, -0.15) is 0 Å². The van der Waals surface area contributed by atoms with E-state index in [1.807, 2.05) is 21.3 Å². The van der Waals surface area contributed by atoms with Gasteiger partial charge in [0, 0.05) is 25.7 Å². The van der Waals surface area contributed by atoms with E-state index in [9.17, 15) is 97.8 Å². The molecular formula is C37H57N9O22.